The van der Waals surface area contributed by atoms with Crippen molar-refractivity contribution in [2.45, 2.75) is 188 Å². The van der Waals surface area contributed by atoms with Gasteiger partial charge in [0.25, 0.3) is 23.6 Å². The number of piperidine rings is 1. The predicted octanol–water partition coefficient (Wildman–Crippen LogP) is 16.6. The van der Waals surface area contributed by atoms with Crippen LogP contribution in [0.25, 0.3) is 61.8 Å². The molecule has 1 N–H and O–H groups in total. The highest BCUT2D eigenvalue weighted by Gasteiger charge is 2.41. The molecule has 21 rings (SSSR count). The van der Waals surface area contributed by atoms with Gasteiger partial charge in [-0.3, -0.25) is 42.9 Å². The number of ether oxygens (including phenoxy) is 3. The fourth-order valence-corrected chi connectivity index (χ4v) is 19.2. The minimum Gasteiger partial charge on any atom is -0.373 e. The summed E-state index contributed by atoms with van der Waals surface area (Å²) in [6.45, 7) is 18.0. The molecule has 4 saturated heterocycles. The smallest absolute Gasteiger partial charge is 0.258 e. The second kappa shape index (κ2) is 41.5. The van der Waals surface area contributed by atoms with Crippen molar-refractivity contribution >= 4 is 35.1 Å². The standard InChI is InChI=1S/C27H30N6O.C27H27N5O2.C25H29N5O2.C25H28N4O2/c1-3-20-16-28-27(29-17-20)30-18-23-19(2)10-9-14-32(23)26(34)24-22-13-7-8-15-33(22)31-25(24)21-11-5-4-6-12-21;33-27(25-24-19-34-17-16-32(24)29-26(25)21-10-5-2-6-11-21)31-14-7-12-22(31)18-30-15-13-23(28-30)20-8-3-1-4-9-20;1-2-18-15-26-22(27-16-18)11-10-20-9-6-12-29(20)25(31)23-21-17-32-14-13-30(21)28-24(23)19-7-4-3-5-8-19;1-18-9-10-20(26-16-18)11-12-21-8-5-13-28(21)25(30)23-22-17-31-15-14-29(22)27-24(23)19-6-3-2-4-7-19/h4-8,11-13,15-17,19,23H,3,9-10,14,18H2,1-2H3,(H,28,29,30);1-6,8-11,13,15,22H,7,12,14,16-19H2;3-5,7-8,15-16,20H,2,6,9-14,17H2,1H3;2-4,6-7,9-10,16,21H,5,8,11-15,17H2,1H3/t19-,23-;22-;20-;21-/m1000/s1. The van der Waals surface area contributed by atoms with Crippen LogP contribution < -0.4 is 5.32 Å². The average molecular weight is 1760 g/mol. The number of nitrogens with one attached hydrogen (secondary N) is 1. The van der Waals surface area contributed by atoms with E-state index in [-0.39, 0.29) is 47.8 Å². The second-order valence-electron chi connectivity index (χ2n) is 34.8. The Morgan fingerprint density at radius 2 is 0.832 bits per heavy atom. The highest BCUT2D eigenvalue weighted by Crippen LogP contribution is 2.39. The summed E-state index contributed by atoms with van der Waals surface area (Å²) in [4.78, 5) is 86.4. The molecule has 0 unspecified atom stereocenters. The number of aromatic nitrogens is 15. The molecule has 0 aliphatic carbocycles. The van der Waals surface area contributed by atoms with Gasteiger partial charge in [-0.2, -0.15) is 25.5 Å². The molecule has 7 aliphatic heterocycles. The van der Waals surface area contributed by atoms with Gasteiger partial charge in [0.1, 0.15) is 28.6 Å². The van der Waals surface area contributed by atoms with E-state index < -0.39 is 0 Å². The van der Waals surface area contributed by atoms with Gasteiger partial charge in [0.2, 0.25) is 5.95 Å². The predicted molar refractivity (Wildman–Crippen MR) is 503 cm³/mol. The second-order valence-corrected chi connectivity index (χ2v) is 34.8. The summed E-state index contributed by atoms with van der Waals surface area (Å²) < 4.78 is 26.8. The molecular weight excluding hydrogens is 1640 g/mol. The summed E-state index contributed by atoms with van der Waals surface area (Å²) in [5.74, 6) is 2.04. The van der Waals surface area contributed by atoms with E-state index in [0.717, 1.165) is 218 Å². The fourth-order valence-electron chi connectivity index (χ4n) is 19.2. The van der Waals surface area contributed by atoms with Crippen LogP contribution in [-0.2, 0) is 85.9 Å². The molecule has 0 saturated carbocycles. The number of likely N-dealkylation sites (tertiary alicyclic amines) is 4. The largest absolute Gasteiger partial charge is 0.373 e. The van der Waals surface area contributed by atoms with E-state index in [1.165, 1.54) is 5.56 Å². The monoisotopic (exact) mass is 1750 g/mol. The van der Waals surface area contributed by atoms with Crippen molar-refractivity contribution in [2.24, 2.45) is 5.92 Å². The van der Waals surface area contributed by atoms with Crippen LogP contribution in [0, 0.1) is 12.8 Å². The fraction of sp³-hybridized carbons (Fsp3) is 0.365. The number of pyridine rings is 2. The third-order valence-electron chi connectivity index (χ3n) is 26.4. The van der Waals surface area contributed by atoms with Gasteiger partial charge >= 0.3 is 0 Å². The van der Waals surface area contributed by atoms with Gasteiger partial charge in [-0.05, 0) is 137 Å². The molecule has 0 radical (unpaired) electrons. The maximum absolute atomic E-state index is 14.1. The molecule has 16 heterocycles. The van der Waals surface area contributed by atoms with Crippen molar-refractivity contribution in [1.29, 1.82) is 0 Å². The lowest BCUT2D eigenvalue weighted by molar-refractivity contribution is 0.0541. The van der Waals surface area contributed by atoms with E-state index in [2.05, 4.69) is 87.1 Å². The molecule has 0 spiro atoms. The third kappa shape index (κ3) is 20.0. The number of carbonyl (C=O) groups excluding carboxylic acids is 4. The first-order chi connectivity index (χ1) is 64.4. The van der Waals surface area contributed by atoms with Gasteiger partial charge in [-0.15, -0.1) is 0 Å². The maximum Gasteiger partial charge on any atom is 0.258 e. The molecule has 4 fully saturated rings. The van der Waals surface area contributed by atoms with Gasteiger partial charge < -0.3 is 39.1 Å². The lowest BCUT2D eigenvalue weighted by atomic mass is 9.89. The lowest BCUT2D eigenvalue weighted by Crippen LogP contribution is -2.51. The zero-order valence-corrected chi connectivity index (χ0v) is 75.2. The Hall–Kier alpha value is -13.5. The van der Waals surface area contributed by atoms with Crippen LogP contribution in [0.4, 0.5) is 5.95 Å². The molecule has 131 heavy (non-hydrogen) atoms. The first-order valence-corrected chi connectivity index (χ1v) is 46.7. The van der Waals surface area contributed by atoms with Gasteiger partial charge in [0.05, 0.1) is 128 Å². The average Bonchev–Trinajstić information content (AvgIpc) is 1.63. The number of hydrogen-bond acceptors (Lipinski definition) is 18. The van der Waals surface area contributed by atoms with Crippen LogP contribution in [0.1, 0.15) is 172 Å². The van der Waals surface area contributed by atoms with Gasteiger partial charge in [-0.25, -0.2) is 24.5 Å². The minimum atomic E-state index is 0.0284. The van der Waals surface area contributed by atoms with E-state index in [9.17, 15) is 19.2 Å². The van der Waals surface area contributed by atoms with E-state index in [1.807, 2.05) is 241 Å². The van der Waals surface area contributed by atoms with Gasteiger partial charge in [-0.1, -0.05) is 185 Å². The number of aryl methyl sites for hydroxylation is 5. The molecule has 5 atom stereocenters. The number of fused-ring (bicyclic) bond motifs is 4. The molecule has 0 bridgehead atoms. The van der Waals surface area contributed by atoms with E-state index >= 15 is 0 Å². The zero-order chi connectivity index (χ0) is 89.5. The number of rotatable bonds is 22. The summed E-state index contributed by atoms with van der Waals surface area (Å²) in [6, 6.07) is 62.8. The van der Waals surface area contributed by atoms with E-state index in [0.29, 0.717) is 106 Å². The molecule has 14 aromatic rings. The summed E-state index contributed by atoms with van der Waals surface area (Å²) in [6.07, 6.45) is 26.8. The zero-order valence-electron chi connectivity index (χ0n) is 75.2. The summed E-state index contributed by atoms with van der Waals surface area (Å²) in [7, 11) is 0. The highest BCUT2D eigenvalue weighted by molar-refractivity contribution is 6.07. The topological polar surface area (TPSA) is 274 Å². The van der Waals surface area contributed by atoms with E-state index in [4.69, 9.17) is 39.7 Å². The minimum absolute atomic E-state index is 0.0284. The molecular formula is C104H114N20O7. The first-order valence-electron chi connectivity index (χ1n) is 46.7. The Morgan fingerprint density at radius 3 is 1.31 bits per heavy atom. The van der Waals surface area contributed by atoms with Crippen molar-refractivity contribution < 1.29 is 33.4 Å². The number of nitrogens with zero attached hydrogens (tertiary/aromatic N) is 19. The Labute approximate surface area is 764 Å². The van der Waals surface area contributed by atoms with Gasteiger partial charge in [0, 0.05) is 128 Å². The van der Waals surface area contributed by atoms with E-state index in [1.54, 1.807) is 4.52 Å². The van der Waals surface area contributed by atoms with Crippen molar-refractivity contribution in [3.63, 3.8) is 0 Å². The number of amides is 4. The van der Waals surface area contributed by atoms with Crippen LogP contribution in [0.15, 0.2) is 231 Å². The number of benzene rings is 5. The highest BCUT2D eigenvalue weighted by atomic mass is 16.5. The third-order valence-corrected chi connectivity index (χ3v) is 26.4. The quantitative estimate of drug-likeness (QED) is 0.0660. The molecule has 5 aromatic carbocycles. The normalized spacial score (nSPS) is 18.0. The number of hydrogen-bond donors (Lipinski definition) is 1. The molecule has 7 aliphatic rings. The van der Waals surface area contributed by atoms with Crippen molar-refractivity contribution in [3.05, 3.63) is 299 Å². The maximum atomic E-state index is 14.1. The van der Waals surface area contributed by atoms with Crippen molar-refractivity contribution in [1.82, 2.24) is 93.3 Å². The molecule has 9 aromatic heterocycles. The summed E-state index contributed by atoms with van der Waals surface area (Å²) >= 11 is 0. The molecule has 672 valence electrons. The Kier molecular flexibility index (Phi) is 27.9. The van der Waals surface area contributed by atoms with Crippen LogP contribution in [-0.4, -0.2) is 194 Å². The Morgan fingerprint density at radius 1 is 0.405 bits per heavy atom. The van der Waals surface area contributed by atoms with Gasteiger partial charge in [0.15, 0.2) is 0 Å². The van der Waals surface area contributed by atoms with Crippen LogP contribution in [0.5, 0.6) is 0 Å². The lowest BCUT2D eigenvalue weighted by Gasteiger charge is -2.40. The molecule has 27 nitrogen and oxygen atoms in total. The summed E-state index contributed by atoms with van der Waals surface area (Å²) in [5.41, 5.74) is 19.7. The first kappa shape index (κ1) is 88.2. The Balaban J connectivity index is 0.000000117. The van der Waals surface area contributed by atoms with Crippen LogP contribution in [0.3, 0.4) is 0 Å². The number of anilines is 1. The van der Waals surface area contributed by atoms with Crippen LogP contribution in [0.2, 0.25) is 0 Å². The Bertz CT molecular complexity index is 6200. The molecule has 4 amide bonds. The summed E-state index contributed by atoms with van der Waals surface area (Å²) in [5, 5.41) is 27.4. The number of carbonyl (C=O) groups is 4. The van der Waals surface area contributed by atoms with Crippen molar-refractivity contribution in [2.75, 3.05) is 57.9 Å². The molecule has 27 heteroatoms. The SMILES string of the molecule is CCc1cnc(CC[C@@H]2CCCN2C(=O)c2c(-c3ccccc3)nn3c2COCC3)nc1.CCc1cnc(NC[C@@H]2[C@H](C)CCCN2C(=O)c2c(-c3ccccc3)nn3ccccc23)nc1.Cc1ccc(CC[C@@H]2CCCN2C(=O)c2c(-c3ccccc3)nn3c2COCC3)nc1.O=C(c1c(-c2ccccc2)nn2c1COCC2)N1CCC[C@H]1Cn1ccc(-c2ccccc2)n1. The van der Waals surface area contributed by atoms with Crippen LogP contribution >= 0.6 is 0 Å². The van der Waals surface area contributed by atoms with Crippen molar-refractivity contribution in [3.8, 4) is 56.3 Å².